The van der Waals surface area contributed by atoms with E-state index >= 15 is 0 Å². The molecule has 0 saturated heterocycles. The molecule has 0 bridgehead atoms. The van der Waals surface area contributed by atoms with E-state index in [-0.39, 0.29) is 22.6 Å². The van der Waals surface area contributed by atoms with Gasteiger partial charge < -0.3 is 0 Å². The third kappa shape index (κ3) is 7.01. The van der Waals surface area contributed by atoms with Gasteiger partial charge in [-0.1, -0.05) is 53.7 Å². The highest BCUT2D eigenvalue weighted by atomic mass is 32.2. The standard InChI is InChI=1S/C22H27NO2.CHF3O3S/c1-21(2,3)11-13-7-15-8-14(12-22(4,5)6)10-17-18(15)16(9-13)19(24)23-20(17)25;2-1(3,4)8(5,6)7/h7-10H,11-12H2,1-6H3,(H,23,24,25);(H,5,6,7). The molecule has 0 spiro atoms. The van der Waals surface area contributed by atoms with Crippen molar-refractivity contribution in [2.24, 2.45) is 10.8 Å². The van der Waals surface area contributed by atoms with Crippen LogP contribution in [0.4, 0.5) is 13.2 Å². The number of hydrogen-bond donors (Lipinski definition) is 2. The predicted octanol–water partition coefficient (Wildman–Crippen LogP) is 5.29. The lowest BCUT2D eigenvalue weighted by molar-refractivity contribution is -0.0510. The van der Waals surface area contributed by atoms with Gasteiger partial charge in [-0.3, -0.25) is 19.5 Å². The second kappa shape index (κ2) is 8.72. The van der Waals surface area contributed by atoms with Crippen LogP contribution in [0.3, 0.4) is 0 Å². The van der Waals surface area contributed by atoms with Gasteiger partial charge in [0.1, 0.15) is 0 Å². The van der Waals surface area contributed by atoms with Gasteiger partial charge in [-0.05, 0) is 52.3 Å². The van der Waals surface area contributed by atoms with Gasteiger partial charge in [-0.2, -0.15) is 21.6 Å². The summed E-state index contributed by atoms with van der Waals surface area (Å²) in [6.45, 7) is 13.1. The number of hydrogen-bond acceptors (Lipinski definition) is 4. The van der Waals surface area contributed by atoms with Crippen LogP contribution < -0.4 is 5.32 Å². The molecule has 0 fully saturated rings. The summed E-state index contributed by atoms with van der Waals surface area (Å²) in [5.41, 5.74) is -1.76. The van der Waals surface area contributed by atoms with Crippen LogP contribution in [0.25, 0.3) is 10.8 Å². The maximum atomic E-state index is 12.4. The van der Waals surface area contributed by atoms with Crippen molar-refractivity contribution in [3.05, 3.63) is 46.5 Å². The van der Waals surface area contributed by atoms with Crippen LogP contribution in [0.15, 0.2) is 24.3 Å². The Morgan fingerprint density at radius 2 is 1.12 bits per heavy atom. The Balaban J connectivity index is 0.000000414. The van der Waals surface area contributed by atoms with Crippen LogP contribution >= 0.6 is 0 Å². The third-order valence-electron chi connectivity index (χ3n) is 4.65. The number of benzene rings is 2. The predicted molar refractivity (Wildman–Crippen MR) is 120 cm³/mol. The fourth-order valence-corrected chi connectivity index (χ4v) is 3.66. The average Bonchev–Trinajstić information content (AvgIpc) is 2.54. The maximum absolute atomic E-state index is 12.4. The summed E-state index contributed by atoms with van der Waals surface area (Å²) < 4.78 is 57.5. The van der Waals surface area contributed by atoms with E-state index in [2.05, 4.69) is 59.0 Å². The lowest BCUT2D eigenvalue weighted by Gasteiger charge is -2.24. The molecule has 1 heterocycles. The zero-order valence-electron chi connectivity index (χ0n) is 19.3. The molecule has 1 aliphatic heterocycles. The van der Waals surface area contributed by atoms with Crippen LogP contribution in [0.1, 0.15) is 73.4 Å². The topological polar surface area (TPSA) is 101 Å². The smallest absolute Gasteiger partial charge is 0.288 e. The van der Waals surface area contributed by atoms with Gasteiger partial charge in [0.25, 0.3) is 11.8 Å². The Bertz CT molecular complexity index is 1140. The first-order chi connectivity index (χ1) is 14.7. The minimum Gasteiger partial charge on any atom is -0.288 e. The monoisotopic (exact) mass is 487 g/mol. The van der Waals surface area contributed by atoms with Gasteiger partial charge in [0.2, 0.25) is 0 Å². The Morgan fingerprint density at radius 3 is 1.39 bits per heavy atom. The molecule has 2 aromatic rings. The largest absolute Gasteiger partial charge is 0.522 e. The Labute approximate surface area is 191 Å². The molecule has 1 aliphatic rings. The first-order valence-electron chi connectivity index (χ1n) is 10.2. The molecule has 2 amide bonds. The lowest BCUT2D eigenvalue weighted by atomic mass is 9.83. The van der Waals surface area contributed by atoms with E-state index in [1.54, 1.807) is 0 Å². The van der Waals surface area contributed by atoms with Gasteiger partial charge in [0.05, 0.1) is 0 Å². The van der Waals surface area contributed by atoms with Crippen LogP contribution in [0, 0.1) is 10.8 Å². The van der Waals surface area contributed by atoms with Crippen LogP contribution in [0.2, 0.25) is 0 Å². The second-order valence-corrected chi connectivity index (χ2v) is 12.0. The number of halogens is 3. The molecule has 0 atom stereocenters. The second-order valence-electron chi connectivity index (χ2n) is 10.6. The van der Waals surface area contributed by atoms with E-state index in [1.807, 2.05) is 12.1 Å². The normalized spacial score (nSPS) is 14.6. The summed E-state index contributed by atoms with van der Waals surface area (Å²) in [6, 6.07) is 8.18. The molecule has 3 rings (SSSR count). The summed E-state index contributed by atoms with van der Waals surface area (Å²) in [5, 5.41) is 4.29. The van der Waals surface area contributed by atoms with Crippen molar-refractivity contribution in [1.82, 2.24) is 5.32 Å². The summed E-state index contributed by atoms with van der Waals surface area (Å²) >= 11 is 0. The highest BCUT2D eigenvalue weighted by Crippen LogP contribution is 2.33. The minimum atomic E-state index is -5.84. The molecule has 182 valence electrons. The van der Waals surface area contributed by atoms with Crippen molar-refractivity contribution in [3.8, 4) is 0 Å². The van der Waals surface area contributed by atoms with E-state index < -0.39 is 15.6 Å². The molecule has 2 N–H and O–H groups in total. The molecule has 0 saturated carbocycles. The van der Waals surface area contributed by atoms with Crippen molar-refractivity contribution in [1.29, 1.82) is 0 Å². The summed E-state index contributed by atoms with van der Waals surface area (Å²) in [6.07, 6.45) is 1.77. The molecule has 2 aromatic carbocycles. The fourth-order valence-electron chi connectivity index (χ4n) is 3.66. The maximum Gasteiger partial charge on any atom is 0.522 e. The quantitative estimate of drug-likeness (QED) is 0.340. The van der Waals surface area contributed by atoms with E-state index in [1.165, 1.54) is 0 Å². The van der Waals surface area contributed by atoms with Gasteiger partial charge in [-0.15, -0.1) is 0 Å². The van der Waals surface area contributed by atoms with Crippen molar-refractivity contribution in [2.75, 3.05) is 0 Å². The third-order valence-corrected chi connectivity index (χ3v) is 5.23. The Hall–Kier alpha value is -2.46. The van der Waals surface area contributed by atoms with Crippen LogP contribution in [0.5, 0.6) is 0 Å². The van der Waals surface area contributed by atoms with E-state index in [0.717, 1.165) is 34.7 Å². The van der Waals surface area contributed by atoms with Gasteiger partial charge in [0.15, 0.2) is 0 Å². The molecule has 0 aliphatic carbocycles. The van der Waals surface area contributed by atoms with Crippen molar-refractivity contribution in [3.63, 3.8) is 0 Å². The number of alkyl halides is 3. The van der Waals surface area contributed by atoms with Gasteiger partial charge in [0, 0.05) is 16.5 Å². The van der Waals surface area contributed by atoms with E-state index in [4.69, 9.17) is 13.0 Å². The van der Waals surface area contributed by atoms with E-state index in [9.17, 15) is 22.8 Å². The Morgan fingerprint density at radius 1 is 0.788 bits per heavy atom. The molecular formula is C23H28F3NO5S. The Kier molecular flexibility index (Phi) is 7.08. The number of carbonyl (C=O) groups is 2. The van der Waals surface area contributed by atoms with Gasteiger partial charge >= 0.3 is 15.6 Å². The highest BCUT2D eigenvalue weighted by Gasteiger charge is 2.44. The fraction of sp³-hybridized carbons (Fsp3) is 0.478. The first-order valence-corrected chi connectivity index (χ1v) is 11.6. The first kappa shape index (κ1) is 26.8. The molecule has 33 heavy (non-hydrogen) atoms. The van der Waals surface area contributed by atoms with Gasteiger partial charge in [-0.25, -0.2) is 0 Å². The number of imide groups is 1. The van der Waals surface area contributed by atoms with Crippen molar-refractivity contribution in [2.45, 2.75) is 59.9 Å². The van der Waals surface area contributed by atoms with Crippen molar-refractivity contribution >= 4 is 32.7 Å². The zero-order valence-corrected chi connectivity index (χ0v) is 20.2. The minimum absolute atomic E-state index is 0.132. The average molecular weight is 488 g/mol. The molecule has 0 unspecified atom stereocenters. The molecule has 6 nitrogen and oxygen atoms in total. The molecular weight excluding hydrogens is 459 g/mol. The number of amides is 2. The summed E-state index contributed by atoms with van der Waals surface area (Å²) in [4.78, 5) is 24.8. The highest BCUT2D eigenvalue weighted by molar-refractivity contribution is 7.86. The van der Waals surface area contributed by atoms with Crippen LogP contribution in [-0.2, 0) is 23.0 Å². The SMILES string of the molecule is CC(C)(C)Cc1cc2c3c(cc(CC(C)(C)C)cc3c1)C(=O)NC2=O.O=S(=O)(O)C(F)(F)F. The van der Waals surface area contributed by atoms with Crippen molar-refractivity contribution < 1.29 is 35.7 Å². The van der Waals surface area contributed by atoms with E-state index in [0.29, 0.717) is 11.1 Å². The number of carbonyl (C=O) groups excluding carboxylic acids is 2. The summed E-state index contributed by atoms with van der Waals surface area (Å²) in [5.74, 6) is -0.580. The molecule has 0 aromatic heterocycles. The number of rotatable bonds is 2. The zero-order chi connectivity index (χ0) is 25.6. The number of nitrogens with one attached hydrogen (secondary N) is 1. The lowest BCUT2D eigenvalue weighted by Crippen LogP contribution is -2.35. The van der Waals surface area contributed by atoms with Crippen LogP contribution in [-0.4, -0.2) is 30.3 Å². The molecule has 0 radical (unpaired) electrons. The summed E-state index contributed by atoms with van der Waals surface area (Å²) in [7, 11) is -5.84. The molecule has 10 heteroatoms.